The first kappa shape index (κ1) is 22.1. The van der Waals surface area contributed by atoms with Crippen LogP contribution in [0.25, 0.3) is 55.3 Å². The molecule has 0 unspecified atom stereocenters. The van der Waals surface area contributed by atoms with Gasteiger partial charge in [0.25, 0.3) is 0 Å². The smallest absolute Gasteiger partial charge is 0.00926 e. The minimum atomic E-state index is 1.23. The molecule has 6 aromatic carbocycles. The van der Waals surface area contributed by atoms with E-state index in [4.69, 9.17) is 0 Å². The van der Waals surface area contributed by atoms with Crippen LogP contribution in [0.5, 0.6) is 0 Å². The lowest BCUT2D eigenvalue weighted by atomic mass is 9.86. The molecule has 6 aromatic rings. The van der Waals surface area contributed by atoms with Crippen LogP contribution >= 0.6 is 0 Å². The largest absolute Gasteiger partial charge is 0.0622 e. The quantitative estimate of drug-likeness (QED) is 0.245. The van der Waals surface area contributed by atoms with Crippen molar-refractivity contribution in [2.45, 2.75) is 13.8 Å². The fraction of sp³-hybridized carbons (Fsp3) is 0.0556. The Kier molecular flexibility index (Phi) is 5.71. The normalized spacial score (nSPS) is 11.1. The van der Waals surface area contributed by atoms with Crippen LogP contribution in [0.1, 0.15) is 11.1 Å². The van der Waals surface area contributed by atoms with Crippen LogP contribution < -0.4 is 0 Å². The molecule has 0 bridgehead atoms. The van der Waals surface area contributed by atoms with E-state index in [9.17, 15) is 0 Å². The predicted molar refractivity (Wildman–Crippen MR) is 155 cm³/mol. The molecule has 0 saturated heterocycles. The van der Waals surface area contributed by atoms with Gasteiger partial charge in [-0.1, -0.05) is 132 Å². The number of aryl methyl sites for hydroxylation is 2. The van der Waals surface area contributed by atoms with Crippen LogP contribution in [-0.2, 0) is 0 Å². The third-order valence-electron chi connectivity index (χ3n) is 7.05. The van der Waals surface area contributed by atoms with E-state index < -0.39 is 0 Å². The Morgan fingerprint density at radius 1 is 0.306 bits per heavy atom. The van der Waals surface area contributed by atoms with E-state index >= 15 is 0 Å². The van der Waals surface area contributed by atoms with Gasteiger partial charge in [0, 0.05) is 0 Å². The molecule has 0 spiro atoms. The summed E-state index contributed by atoms with van der Waals surface area (Å²) in [5.74, 6) is 0. The summed E-state index contributed by atoms with van der Waals surface area (Å²) in [7, 11) is 0. The van der Waals surface area contributed by atoms with Crippen LogP contribution in [0, 0.1) is 13.8 Å². The second-order valence-electron chi connectivity index (χ2n) is 9.57. The van der Waals surface area contributed by atoms with Crippen LogP contribution in [0.3, 0.4) is 0 Å². The van der Waals surface area contributed by atoms with E-state index in [0.717, 1.165) is 0 Å². The van der Waals surface area contributed by atoms with Gasteiger partial charge in [0.1, 0.15) is 0 Å². The predicted octanol–water partition coefficient (Wildman–Crippen LogP) is 10.1. The van der Waals surface area contributed by atoms with E-state index in [0.29, 0.717) is 0 Å². The van der Waals surface area contributed by atoms with Gasteiger partial charge in [0.05, 0.1) is 0 Å². The maximum absolute atomic E-state index is 2.40. The van der Waals surface area contributed by atoms with Crippen molar-refractivity contribution in [3.8, 4) is 44.5 Å². The van der Waals surface area contributed by atoms with Crippen molar-refractivity contribution in [2.24, 2.45) is 0 Å². The van der Waals surface area contributed by atoms with E-state index in [1.807, 2.05) is 0 Å². The lowest BCUT2D eigenvalue weighted by molar-refractivity contribution is 1.47. The molecule has 0 aliphatic heterocycles. The van der Waals surface area contributed by atoms with Crippen molar-refractivity contribution in [3.63, 3.8) is 0 Å². The average Bonchev–Trinajstić information content (AvgIpc) is 2.94. The Hall–Kier alpha value is -4.42. The SMILES string of the molecule is Cc1ccc(-c2ccc(-c3ccc(C)cc3)c3cc(-c4ccccc4)c(-c4ccccc4)cc23)cc1. The Balaban J connectivity index is 1.72. The molecule has 0 aliphatic rings. The topological polar surface area (TPSA) is 0 Å². The van der Waals surface area contributed by atoms with Gasteiger partial charge in [-0.3, -0.25) is 0 Å². The Morgan fingerprint density at radius 2 is 0.639 bits per heavy atom. The second kappa shape index (κ2) is 9.32. The molecule has 0 amide bonds. The third kappa shape index (κ3) is 4.12. The van der Waals surface area contributed by atoms with Crippen molar-refractivity contribution >= 4 is 10.8 Å². The zero-order valence-corrected chi connectivity index (χ0v) is 20.7. The maximum atomic E-state index is 2.40. The number of fused-ring (bicyclic) bond motifs is 1. The molecule has 0 heteroatoms. The summed E-state index contributed by atoms with van der Waals surface area (Å²) in [6.45, 7) is 4.28. The monoisotopic (exact) mass is 460 g/mol. The van der Waals surface area contributed by atoms with Crippen molar-refractivity contribution in [2.75, 3.05) is 0 Å². The van der Waals surface area contributed by atoms with E-state index in [1.54, 1.807) is 0 Å². The van der Waals surface area contributed by atoms with Crippen LogP contribution in [-0.4, -0.2) is 0 Å². The van der Waals surface area contributed by atoms with Crippen molar-refractivity contribution in [1.82, 2.24) is 0 Å². The summed E-state index contributed by atoms with van der Waals surface area (Å²) in [5.41, 5.74) is 12.5. The first-order valence-corrected chi connectivity index (χ1v) is 12.5. The summed E-state index contributed by atoms with van der Waals surface area (Å²) in [5, 5.41) is 2.55. The number of hydrogen-bond donors (Lipinski definition) is 0. The van der Waals surface area contributed by atoms with Crippen LogP contribution in [0.4, 0.5) is 0 Å². The van der Waals surface area contributed by atoms with Crippen molar-refractivity contribution in [3.05, 3.63) is 145 Å². The van der Waals surface area contributed by atoms with Crippen molar-refractivity contribution < 1.29 is 0 Å². The molecule has 0 N–H and O–H groups in total. The van der Waals surface area contributed by atoms with Gasteiger partial charge in [-0.05, 0) is 81.3 Å². The molecule has 0 radical (unpaired) electrons. The molecular weight excluding hydrogens is 432 g/mol. The number of hydrogen-bond acceptors (Lipinski definition) is 0. The lowest BCUT2D eigenvalue weighted by Gasteiger charge is -2.18. The Morgan fingerprint density at radius 3 is 1.00 bits per heavy atom. The highest BCUT2D eigenvalue weighted by molar-refractivity contribution is 6.09. The minimum absolute atomic E-state index is 1.23. The maximum Gasteiger partial charge on any atom is -0.00926 e. The van der Waals surface area contributed by atoms with Gasteiger partial charge in [-0.15, -0.1) is 0 Å². The van der Waals surface area contributed by atoms with Gasteiger partial charge in [-0.25, -0.2) is 0 Å². The fourth-order valence-electron chi connectivity index (χ4n) is 5.07. The van der Waals surface area contributed by atoms with Gasteiger partial charge < -0.3 is 0 Å². The average molecular weight is 461 g/mol. The van der Waals surface area contributed by atoms with Gasteiger partial charge in [-0.2, -0.15) is 0 Å². The Labute approximate surface area is 213 Å². The minimum Gasteiger partial charge on any atom is -0.0622 e. The van der Waals surface area contributed by atoms with E-state index in [2.05, 4.69) is 147 Å². The second-order valence-corrected chi connectivity index (χ2v) is 9.57. The standard InChI is InChI=1S/C36H28/c1-25-13-17-29(18-14-25)31-21-22-32(30-19-15-26(2)16-20-30)36-24-34(28-11-7-4-8-12-28)33(23-35(31)36)27-9-5-3-6-10-27/h3-24H,1-2H3. The Bertz CT molecular complexity index is 1510. The van der Waals surface area contributed by atoms with Gasteiger partial charge >= 0.3 is 0 Å². The zero-order valence-electron chi connectivity index (χ0n) is 20.7. The molecule has 172 valence electrons. The first-order chi connectivity index (χ1) is 17.7. The summed E-state index contributed by atoms with van der Waals surface area (Å²) in [6.07, 6.45) is 0. The van der Waals surface area contributed by atoms with Crippen molar-refractivity contribution in [1.29, 1.82) is 0 Å². The zero-order chi connectivity index (χ0) is 24.5. The summed E-state index contributed by atoms with van der Waals surface area (Å²) in [6, 6.07) is 48.6. The molecule has 0 aliphatic carbocycles. The van der Waals surface area contributed by atoms with Crippen LogP contribution in [0.2, 0.25) is 0 Å². The van der Waals surface area contributed by atoms with Crippen LogP contribution in [0.15, 0.2) is 133 Å². The summed E-state index contributed by atoms with van der Waals surface area (Å²) >= 11 is 0. The highest BCUT2D eigenvalue weighted by atomic mass is 14.2. The third-order valence-corrected chi connectivity index (χ3v) is 7.05. The molecular formula is C36H28. The highest BCUT2D eigenvalue weighted by Crippen LogP contribution is 2.42. The molecule has 0 saturated carbocycles. The van der Waals surface area contributed by atoms with E-state index in [-0.39, 0.29) is 0 Å². The summed E-state index contributed by atoms with van der Waals surface area (Å²) < 4.78 is 0. The molecule has 0 fully saturated rings. The first-order valence-electron chi connectivity index (χ1n) is 12.5. The molecule has 6 rings (SSSR count). The summed E-state index contributed by atoms with van der Waals surface area (Å²) in [4.78, 5) is 0. The highest BCUT2D eigenvalue weighted by Gasteiger charge is 2.16. The number of rotatable bonds is 4. The van der Waals surface area contributed by atoms with Gasteiger partial charge in [0.15, 0.2) is 0 Å². The van der Waals surface area contributed by atoms with E-state index in [1.165, 1.54) is 66.4 Å². The lowest BCUT2D eigenvalue weighted by Crippen LogP contribution is -1.91. The molecule has 0 atom stereocenters. The fourth-order valence-corrected chi connectivity index (χ4v) is 5.07. The molecule has 0 nitrogen and oxygen atoms in total. The molecule has 0 heterocycles. The molecule has 0 aromatic heterocycles. The number of benzene rings is 6. The van der Waals surface area contributed by atoms with Gasteiger partial charge in [0.2, 0.25) is 0 Å². The molecule has 36 heavy (non-hydrogen) atoms.